The van der Waals surface area contributed by atoms with E-state index in [1.807, 2.05) is 43.3 Å². The number of carbonyl (C=O) groups is 1. The van der Waals surface area contributed by atoms with Gasteiger partial charge in [0.1, 0.15) is 5.75 Å². The van der Waals surface area contributed by atoms with E-state index in [-0.39, 0.29) is 12.3 Å². The molecule has 7 heteroatoms. The highest BCUT2D eigenvalue weighted by Crippen LogP contribution is 2.33. The lowest BCUT2D eigenvalue weighted by Gasteiger charge is -2.11. The highest BCUT2D eigenvalue weighted by atomic mass is 127. The third-order valence-electron chi connectivity index (χ3n) is 3.46. The van der Waals surface area contributed by atoms with Crippen LogP contribution >= 0.6 is 22.6 Å². The SMILES string of the molecule is CCOc1cc(/C=N\NC(=O)Cc2ccc(OC)cc2)cc(I)c1OC. The highest BCUT2D eigenvalue weighted by molar-refractivity contribution is 14.1. The first-order chi connectivity index (χ1) is 12.6. The van der Waals surface area contributed by atoms with Crippen LogP contribution in [0.2, 0.25) is 0 Å². The number of carbonyl (C=O) groups excluding carboxylic acids is 1. The number of amides is 1. The van der Waals surface area contributed by atoms with Gasteiger partial charge in [0.15, 0.2) is 11.5 Å². The quantitative estimate of drug-likeness (QED) is 0.367. The number of halogens is 1. The number of ether oxygens (including phenoxy) is 3. The van der Waals surface area contributed by atoms with Crippen molar-refractivity contribution in [3.8, 4) is 17.2 Å². The summed E-state index contributed by atoms with van der Waals surface area (Å²) in [5.74, 6) is 1.90. The van der Waals surface area contributed by atoms with Gasteiger partial charge in [0.05, 0.1) is 37.0 Å². The van der Waals surface area contributed by atoms with E-state index in [1.165, 1.54) is 0 Å². The van der Waals surface area contributed by atoms with Crippen molar-refractivity contribution in [3.05, 3.63) is 51.1 Å². The molecule has 0 spiro atoms. The van der Waals surface area contributed by atoms with Crippen LogP contribution in [0.3, 0.4) is 0 Å². The lowest BCUT2D eigenvalue weighted by atomic mass is 10.1. The maximum Gasteiger partial charge on any atom is 0.244 e. The van der Waals surface area contributed by atoms with Crippen molar-refractivity contribution in [3.63, 3.8) is 0 Å². The zero-order valence-corrected chi connectivity index (χ0v) is 17.1. The van der Waals surface area contributed by atoms with Crippen LogP contribution in [0.15, 0.2) is 41.5 Å². The minimum Gasteiger partial charge on any atom is -0.497 e. The zero-order valence-electron chi connectivity index (χ0n) is 14.9. The van der Waals surface area contributed by atoms with Crippen LogP contribution in [0.5, 0.6) is 17.2 Å². The van der Waals surface area contributed by atoms with Gasteiger partial charge in [-0.05, 0) is 64.9 Å². The average Bonchev–Trinajstić information content (AvgIpc) is 2.62. The van der Waals surface area contributed by atoms with Gasteiger partial charge in [-0.3, -0.25) is 4.79 Å². The zero-order chi connectivity index (χ0) is 18.9. The number of hydrogen-bond acceptors (Lipinski definition) is 5. The number of hydrazone groups is 1. The summed E-state index contributed by atoms with van der Waals surface area (Å²) < 4.78 is 16.9. The summed E-state index contributed by atoms with van der Waals surface area (Å²) >= 11 is 2.17. The van der Waals surface area contributed by atoms with Crippen molar-refractivity contribution < 1.29 is 19.0 Å². The molecule has 0 atom stereocenters. The number of benzene rings is 2. The second-order valence-electron chi connectivity index (χ2n) is 5.29. The van der Waals surface area contributed by atoms with Crippen molar-refractivity contribution in [2.75, 3.05) is 20.8 Å². The third-order valence-corrected chi connectivity index (χ3v) is 4.26. The summed E-state index contributed by atoms with van der Waals surface area (Å²) in [5, 5.41) is 4.02. The first-order valence-corrected chi connectivity index (χ1v) is 9.10. The maximum absolute atomic E-state index is 12.0. The molecule has 6 nitrogen and oxygen atoms in total. The Kier molecular flexibility index (Phi) is 7.71. The fraction of sp³-hybridized carbons (Fsp3) is 0.263. The first-order valence-electron chi connectivity index (χ1n) is 8.02. The standard InChI is InChI=1S/C19H21IN2O4/c1-4-26-17-10-14(9-16(20)19(17)25-3)12-21-22-18(23)11-13-5-7-15(24-2)8-6-13/h5-10,12H,4,11H2,1-3H3,(H,22,23)/b21-12-. The predicted octanol–water partition coefficient (Wildman–Crippen LogP) is 3.40. The Hall–Kier alpha value is -2.29. The molecule has 138 valence electrons. The minimum absolute atomic E-state index is 0.195. The lowest BCUT2D eigenvalue weighted by molar-refractivity contribution is -0.120. The maximum atomic E-state index is 12.0. The topological polar surface area (TPSA) is 69.2 Å². The van der Waals surface area contributed by atoms with Gasteiger partial charge in [-0.15, -0.1) is 0 Å². The molecule has 2 rings (SSSR count). The number of hydrogen-bond donors (Lipinski definition) is 1. The average molecular weight is 468 g/mol. The fourth-order valence-corrected chi connectivity index (χ4v) is 3.12. The van der Waals surface area contributed by atoms with E-state index < -0.39 is 0 Å². The van der Waals surface area contributed by atoms with Gasteiger partial charge in [-0.1, -0.05) is 12.1 Å². The number of rotatable bonds is 8. The van der Waals surface area contributed by atoms with Crippen LogP contribution in [0.1, 0.15) is 18.1 Å². The molecular formula is C19H21IN2O4. The molecule has 0 aliphatic heterocycles. The number of nitrogens with one attached hydrogen (secondary N) is 1. The van der Waals surface area contributed by atoms with Crippen LogP contribution in [-0.2, 0) is 11.2 Å². The molecule has 2 aromatic carbocycles. The Bertz CT molecular complexity index is 776. The van der Waals surface area contributed by atoms with Crippen molar-refractivity contribution >= 4 is 34.7 Å². The fourth-order valence-electron chi connectivity index (χ4n) is 2.27. The molecule has 0 aromatic heterocycles. The lowest BCUT2D eigenvalue weighted by Crippen LogP contribution is -2.19. The van der Waals surface area contributed by atoms with E-state index in [2.05, 4.69) is 33.1 Å². The van der Waals surface area contributed by atoms with Gasteiger partial charge in [0.2, 0.25) is 5.91 Å². The van der Waals surface area contributed by atoms with Gasteiger partial charge in [-0.25, -0.2) is 5.43 Å². The smallest absolute Gasteiger partial charge is 0.244 e. The van der Waals surface area contributed by atoms with Crippen molar-refractivity contribution in [1.82, 2.24) is 5.43 Å². The van der Waals surface area contributed by atoms with Crippen molar-refractivity contribution in [2.45, 2.75) is 13.3 Å². The Balaban J connectivity index is 1.99. The molecule has 0 bridgehead atoms. The monoisotopic (exact) mass is 468 g/mol. The Morgan fingerprint density at radius 3 is 2.54 bits per heavy atom. The summed E-state index contributed by atoms with van der Waals surface area (Å²) in [4.78, 5) is 12.0. The molecule has 0 aliphatic rings. The molecule has 0 fully saturated rings. The van der Waals surface area contributed by atoms with E-state index >= 15 is 0 Å². The van der Waals surface area contributed by atoms with Crippen molar-refractivity contribution in [2.24, 2.45) is 5.10 Å². The summed E-state index contributed by atoms with van der Waals surface area (Å²) in [6.07, 6.45) is 1.82. The Morgan fingerprint density at radius 2 is 1.92 bits per heavy atom. The Morgan fingerprint density at radius 1 is 1.19 bits per heavy atom. The van der Waals surface area contributed by atoms with Crippen LogP contribution in [0, 0.1) is 3.57 Å². The Labute approximate surface area is 166 Å². The first kappa shape index (κ1) is 20.0. The molecule has 26 heavy (non-hydrogen) atoms. The molecular weight excluding hydrogens is 447 g/mol. The van der Waals surface area contributed by atoms with Crippen LogP contribution in [-0.4, -0.2) is 32.9 Å². The molecule has 1 amide bonds. The van der Waals surface area contributed by atoms with Gasteiger partial charge in [-0.2, -0.15) is 5.10 Å². The van der Waals surface area contributed by atoms with Crippen LogP contribution in [0.4, 0.5) is 0 Å². The van der Waals surface area contributed by atoms with Gasteiger partial charge in [0.25, 0.3) is 0 Å². The van der Waals surface area contributed by atoms with Gasteiger partial charge in [0, 0.05) is 0 Å². The summed E-state index contributed by atoms with van der Waals surface area (Å²) in [5.41, 5.74) is 4.23. The minimum atomic E-state index is -0.195. The molecule has 0 saturated heterocycles. The second kappa shape index (κ2) is 10.0. The van der Waals surface area contributed by atoms with E-state index in [9.17, 15) is 4.79 Å². The van der Waals surface area contributed by atoms with Gasteiger partial charge < -0.3 is 14.2 Å². The highest BCUT2D eigenvalue weighted by Gasteiger charge is 2.10. The molecule has 0 radical (unpaired) electrons. The number of methoxy groups -OCH3 is 2. The normalized spacial score (nSPS) is 10.6. The molecule has 2 aromatic rings. The largest absolute Gasteiger partial charge is 0.497 e. The van der Waals surface area contributed by atoms with Crippen molar-refractivity contribution in [1.29, 1.82) is 0 Å². The van der Waals surface area contributed by atoms with Gasteiger partial charge >= 0.3 is 0 Å². The van der Waals surface area contributed by atoms with Crippen LogP contribution in [0.25, 0.3) is 0 Å². The summed E-state index contributed by atoms with van der Waals surface area (Å²) in [6, 6.07) is 11.1. The predicted molar refractivity (Wildman–Crippen MR) is 109 cm³/mol. The van der Waals surface area contributed by atoms with E-state index in [4.69, 9.17) is 14.2 Å². The number of nitrogens with zero attached hydrogens (tertiary/aromatic N) is 1. The second-order valence-corrected chi connectivity index (χ2v) is 6.45. The molecule has 1 N–H and O–H groups in total. The summed E-state index contributed by atoms with van der Waals surface area (Å²) in [7, 11) is 3.21. The van der Waals surface area contributed by atoms with E-state index in [0.717, 1.165) is 20.4 Å². The van der Waals surface area contributed by atoms with E-state index in [1.54, 1.807) is 20.4 Å². The van der Waals surface area contributed by atoms with E-state index in [0.29, 0.717) is 18.1 Å². The third kappa shape index (κ3) is 5.62. The molecule has 0 unspecified atom stereocenters. The van der Waals surface area contributed by atoms with Crippen LogP contribution < -0.4 is 19.6 Å². The molecule has 0 saturated carbocycles. The summed E-state index contributed by atoms with van der Waals surface area (Å²) in [6.45, 7) is 2.44. The molecule has 0 aliphatic carbocycles. The molecule has 0 heterocycles.